The van der Waals surface area contributed by atoms with E-state index in [1.807, 2.05) is 6.07 Å². The molecule has 0 saturated carbocycles. The Morgan fingerprint density at radius 2 is 0.809 bits per heavy atom. The van der Waals surface area contributed by atoms with Gasteiger partial charge < -0.3 is 0 Å². The van der Waals surface area contributed by atoms with Crippen molar-refractivity contribution in [2.75, 3.05) is 0 Å². The molecule has 1 aromatic heterocycles. The SMILES string of the molecule is c1ccc(-c2c3ccccc3c(-c3ccccc3)c3cc(-c4ccc5nc(-c6ccccc6)n(-c6ccccc6)c5c4)ccc23)cc1. The Morgan fingerprint density at radius 1 is 0.340 bits per heavy atom. The summed E-state index contributed by atoms with van der Waals surface area (Å²) >= 11 is 0. The molecule has 0 aliphatic rings. The summed E-state index contributed by atoms with van der Waals surface area (Å²) in [6.45, 7) is 0. The second-order valence-electron chi connectivity index (χ2n) is 12.0. The molecule has 8 aromatic carbocycles. The fourth-order valence-electron chi connectivity index (χ4n) is 7.06. The fourth-order valence-corrected chi connectivity index (χ4v) is 7.06. The molecule has 9 aromatic rings. The van der Waals surface area contributed by atoms with Gasteiger partial charge in [0.2, 0.25) is 0 Å². The maximum Gasteiger partial charge on any atom is 0.145 e. The predicted octanol–water partition coefficient (Wildman–Crippen LogP) is 12.0. The molecule has 0 N–H and O–H groups in total. The van der Waals surface area contributed by atoms with Crippen molar-refractivity contribution in [3.63, 3.8) is 0 Å². The van der Waals surface area contributed by atoms with Gasteiger partial charge >= 0.3 is 0 Å². The molecule has 220 valence electrons. The molecule has 47 heavy (non-hydrogen) atoms. The third-order valence-corrected chi connectivity index (χ3v) is 9.18. The summed E-state index contributed by atoms with van der Waals surface area (Å²) < 4.78 is 2.28. The lowest BCUT2D eigenvalue weighted by molar-refractivity contribution is 1.10. The number of benzene rings is 8. The van der Waals surface area contributed by atoms with Crippen LogP contribution in [0.15, 0.2) is 182 Å². The zero-order chi connectivity index (χ0) is 31.2. The first kappa shape index (κ1) is 27.1. The summed E-state index contributed by atoms with van der Waals surface area (Å²) in [5, 5.41) is 5.01. The Morgan fingerprint density at radius 3 is 1.43 bits per heavy atom. The second-order valence-corrected chi connectivity index (χ2v) is 12.0. The third kappa shape index (κ3) is 4.62. The number of imidazole rings is 1. The maximum absolute atomic E-state index is 5.14. The van der Waals surface area contributed by atoms with E-state index < -0.39 is 0 Å². The second kappa shape index (κ2) is 11.3. The van der Waals surface area contributed by atoms with Gasteiger partial charge in [-0.05, 0) is 85.3 Å². The fraction of sp³-hybridized carbons (Fsp3) is 0. The highest BCUT2D eigenvalue weighted by atomic mass is 15.1. The smallest absolute Gasteiger partial charge is 0.145 e. The van der Waals surface area contributed by atoms with Crippen LogP contribution < -0.4 is 0 Å². The summed E-state index contributed by atoms with van der Waals surface area (Å²) in [5.74, 6) is 0.938. The zero-order valence-electron chi connectivity index (χ0n) is 25.7. The van der Waals surface area contributed by atoms with Crippen LogP contribution in [0.4, 0.5) is 0 Å². The molecule has 2 heteroatoms. The molecule has 0 bridgehead atoms. The number of aromatic nitrogens is 2. The molecule has 0 spiro atoms. The van der Waals surface area contributed by atoms with Crippen LogP contribution in [0.3, 0.4) is 0 Å². The summed E-state index contributed by atoms with van der Waals surface area (Å²) in [4.78, 5) is 5.14. The van der Waals surface area contributed by atoms with Crippen molar-refractivity contribution < 1.29 is 0 Å². The van der Waals surface area contributed by atoms with Crippen LogP contribution in [0, 0.1) is 0 Å². The Kier molecular flexibility index (Phi) is 6.50. The van der Waals surface area contributed by atoms with E-state index in [9.17, 15) is 0 Å². The molecular formula is C45H30N2. The van der Waals surface area contributed by atoms with Gasteiger partial charge in [-0.3, -0.25) is 4.57 Å². The maximum atomic E-state index is 5.14. The zero-order valence-corrected chi connectivity index (χ0v) is 25.7. The van der Waals surface area contributed by atoms with Gasteiger partial charge in [-0.1, -0.05) is 152 Å². The first-order valence-electron chi connectivity index (χ1n) is 16.1. The van der Waals surface area contributed by atoms with Crippen LogP contribution in [0.1, 0.15) is 0 Å². The van der Waals surface area contributed by atoms with Gasteiger partial charge in [0.15, 0.2) is 0 Å². The Hall–Kier alpha value is -6.25. The largest absolute Gasteiger partial charge is 0.292 e. The molecule has 0 aliphatic heterocycles. The number of nitrogens with zero attached hydrogens (tertiary/aromatic N) is 2. The van der Waals surface area contributed by atoms with Crippen molar-refractivity contribution in [2.45, 2.75) is 0 Å². The number of hydrogen-bond donors (Lipinski definition) is 0. The predicted molar refractivity (Wildman–Crippen MR) is 198 cm³/mol. The highest BCUT2D eigenvalue weighted by Crippen LogP contribution is 2.45. The van der Waals surface area contributed by atoms with E-state index in [2.05, 4.69) is 180 Å². The first-order valence-corrected chi connectivity index (χ1v) is 16.1. The monoisotopic (exact) mass is 598 g/mol. The number of rotatable bonds is 5. The average molecular weight is 599 g/mol. The molecular weight excluding hydrogens is 569 g/mol. The lowest BCUT2D eigenvalue weighted by atomic mass is 9.85. The molecule has 0 radical (unpaired) electrons. The Bertz CT molecular complexity index is 2530. The highest BCUT2D eigenvalue weighted by molar-refractivity contribution is 6.22. The highest BCUT2D eigenvalue weighted by Gasteiger charge is 2.19. The van der Waals surface area contributed by atoms with E-state index in [0.29, 0.717) is 0 Å². The standard InChI is InChI=1S/C45H30N2/c1-5-15-31(16-6-1)43-37-23-13-14-24-38(37)44(32-17-7-2-8-18-32)40-29-34(25-27-39(40)43)35-26-28-41-42(30-35)47(36-21-11-4-12-22-36)45(46-41)33-19-9-3-10-20-33/h1-30H. The van der Waals surface area contributed by atoms with Gasteiger partial charge in [0.1, 0.15) is 5.82 Å². The van der Waals surface area contributed by atoms with Crippen LogP contribution in [0.25, 0.3) is 83.0 Å². The molecule has 0 saturated heterocycles. The minimum absolute atomic E-state index is 0.938. The van der Waals surface area contributed by atoms with Gasteiger partial charge in [-0.15, -0.1) is 0 Å². The molecule has 0 atom stereocenters. The van der Waals surface area contributed by atoms with Crippen LogP contribution in [0.2, 0.25) is 0 Å². The van der Waals surface area contributed by atoms with Gasteiger partial charge in [0.05, 0.1) is 11.0 Å². The van der Waals surface area contributed by atoms with Gasteiger partial charge in [-0.2, -0.15) is 0 Å². The Balaban J connectivity index is 1.33. The van der Waals surface area contributed by atoms with E-state index >= 15 is 0 Å². The minimum atomic E-state index is 0.938. The van der Waals surface area contributed by atoms with E-state index in [4.69, 9.17) is 4.98 Å². The number of hydrogen-bond acceptors (Lipinski definition) is 1. The molecule has 0 unspecified atom stereocenters. The first-order chi connectivity index (χ1) is 23.3. The van der Waals surface area contributed by atoms with Crippen LogP contribution in [-0.4, -0.2) is 9.55 Å². The normalized spacial score (nSPS) is 11.4. The van der Waals surface area contributed by atoms with Crippen LogP contribution in [0.5, 0.6) is 0 Å². The van der Waals surface area contributed by atoms with Gasteiger partial charge in [0.25, 0.3) is 0 Å². The van der Waals surface area contributed by atoms with E-state index in [1.165, 1.54) is 49.4 Å². The van der Waals surface area contributed by atoms with E-state index in [-0.39, 0.29) is 0 Å². The van der Waals surface area contributed by atoms with Crippen molar-refractivity contribution in [2.24, 2.45) is 0 Å². The van der Waals surface area contributed by atoms with Crippen LogP contribution >= 0.6 is 0 Å². The molecule has 9 rings (SSSR count). The topological polar surface area (TPSA) is 17.8 Å². The van der Waals surface area contributed by atoms with Crippen molar-refractivity contribution in [3.8, 4) is 50.5 Å². The lowest BCUT2D eigenvalue weighted by Crippen LogP contribution is -1.97. The van der Waals surface area contributed by atoms with Crippen LogP contribution in [-0.2, 0) is 0 Å². The van der Waals surface area contributed by atoms with Crippen molar-refractivity contribution in [1.29, 1.82) is 0 Å². The molecule has 1 heterocycles. The molecule has 0 aliphatic carbocycles. The summed E-state index contributed by atoms with van der Waals surface area (Å²) in [6.07, 6.45) is 0. The van der Waals surface area contributed by atoms with E-state index in [0.717, 1.165) is 33.7 Å². The van der Waals surface area contributed by atoms with Crippen molar-refractivity contribution in [1.82, 2.24) is 9.55 Å². The molecule has 0 amide bonds. The van der Waals surface area contributed by atoms with E-state index in [1.54, 1.807) is 0 Å². The van der Waals surface area contributed by atoms with Crippen molar-refractivity contribution in [3.05, 3.63) is 182 Å². The molecule has 0 fully saturated rings. The number of fused-ring (bicyclic) bond motifs is 3. The summed E-state index contributed by atoms with van der Waals surface area (Å²) in [5.41, 5.74) is 11.5. The summed E-state index contributed by atoms with van der Waals surface area (Å²) in [7, 11) is 0. The summed E-state index contributed by atoms with van der Waals surface area (Å²) in [6, 6.07) is 65.1. The van der Waals surface area contributed by atoms with Crippen molar-refractivity contribution >= 4 is 32.6 Å². The number of para-hydroxylation sites is 1. The lowest BCUT2D eigenvalue weighted by Gasteiger charge is -2.18. The average Bonchev–Trinajstić information content (AvgIpc) is 3.54. The third-order valence-electron chi connectivity index (χ3n) is 9.18. The molecule has 2 nitrogen and oxygen atoms in total. The van der Waals surface area contributed by atoms with Gasteiger partial charge in [0, 0.05) is 11.3 Å². The van der Waals surface area contributed by atoms with Gasteiger partial charge in [-0.25, -0.2) is 4.98 Å². The Labute approximate surface area is 273 Å². The quantitative estimate of drug-likeness (QED) is 0.180. The minimum Gasteiger partial charge on any atom is -0.292 e.